The standard InChI is InChI=1S/C22H22BrNO/c1-15-11-12-17-19(13-15)22(25)24(14-16-7-3-2-4-8-16)21(17)18-9-5-6-10-20(18)23/h2-12,15,17,19,21H,13-14H2,1H3/t15?,17-,19+,21-/m1/s1. The average Bonchev–Trinajstić information content (AvgIpc) is 2.88. The summed E-state index contributed by atoms with van der Waals surface area (Å²) in [6.07, 6.45) is 5.52. The van der Waals surface area contributed by atoms with E-state index < -0.39 is 0 Å². The number of benzene rings is 2. The third-order valence-electron chi connectivity index (χ3n) is 5.47. The number of carbonyl (C=O) groups excluding carboxylic acids is 1. The monoisotopic (exact) mass is 395 g/mol. The van der Waals surface area contributed by atoms with Crippen molar-refractivity contribution in [1.29, 1.82) is 0 Å². The van der Waals surface area contributed by atoms with E-state index in [1.54, 1.807) is 0 Å². The van der Waals surface area contributed by atoms with E-state index in [4.69, 9.17) is 0 Å². The molecule has 1 saturated heterocycles. The van der Waals surface area contributed by atoms with Gasteiger partial charge in [0.1, 0.15) is 0 Å². The van der Waals surface area contributed by atoms with E-state index in [9.17, 15) is 4.79 Å². The number of amides is 1. The molecule has 0 aromatic heterocycles. The smallest absolute Gasteiger partial charge is 0.227 e. The molecule has 0 bridgehead atoms. The first kappa shape index (κ1) is 16.6. The van der Waals surface area contributed by atoms with Crippen LogP contribution in [0.4, 0.5) is 0 Å². The second-order valence-corrected chi connectivity index (χ2v) is 8.05. The summed E-state index contributed by atoms with van der Waals surface area (Å²) in [7, 11) is 0. The van der Waals surface area contributed by atoms with Gasteiger partial charge in [-0.2, -0.15) is 0 Å². The van der Waals surface area contributed by atoms with E-state index in [-0.39, 0.29) is 17.9 Å². The Balaban J connectivity index is 1.76. The zero-order chi connectivity index (χ0) is 17.4. The fourth-order valence-electron chi connectivity index (χ4n) is 4.28. The zero-order valence-electron chi connectivity index (χ0n) is 14.3. The van der Waals surface area contributed by atoms with Crippen LogP contribution in [0.1, 0.15) is 30.5 Å². The summed E-state index contributed by atoms with van der Waals surface area (Å²) in [6, 6.07) is 18.7. The van der Waals surface area contributed by atoms with Gasteiger partial charge in [0.15, 0.2) is 0 Å². The second kappa shape index (κ2) is 6.80. The van der Waals surface area contributed by atoms with Gasteiger partial charge in [-0.25, -0.2) is 0 Å². The predicted octanol–water partition coefficient (Wildman–Crippen LogP) is 5.36. The van der Waals surface area contributed by atoms with E-state index in [1.165, 1.54) is 11.1 Å². The predicted molar refractivity (Wildman–Crippen MR) is 104 cm³/mol. The lowest BCUT2D eigenvalue weighted by Crippen LogP contribution is -2.29. The Hall–Kier alpha value is -1.87. The SMILES string of the molecule is CC1C=C[C@@H]2[C@H](C1)C(=O)N(Cc1ccccc1)[C@H]2c1ccccc1Br. The van der Waals surface area contributed by atoms with Crippen molar-refractivity contribution in [2.45, 2.75) is 25.9 Å². The Labute approximate surface area is 157 Å². The maximum absolute atomic E-state index is 13.3. The number of allylic oxidation sites excluding steroid dienone is 1. The van der Waals surface area contributed by atoms with Crippen LogP contribution < -0.4 is 0 Å². The van der Waals surface area contributed by atoms with Crippen molar-refractivity contribution in [3.8, 4) is 0 Å². The van der Waals surface area contributed by atoms with Crippen LogP contribution in [0, 0.1) is 17.8 Å². The van der Waals surface area contributed by atoms with Gasteiger partial charge >= 0.3 is 0 Å². The molecule has 0 spiro atoms. The summed E-state index contributed by atoms with van der Waals surface area (Å²) >= 11 is 3.71. The first-order chi connectivity index (χ1) is 12.1. The molecule has 1 aliphatic heterocycles. The molecule has 2 aliphatic rings. The third kappa shape index (κ3) is 3.06. The second-order valence-electron chi connectivity index (χ2n) is 7.20. The molecular weight excluding hydrogens is 374 g/mol. The first-order valence-corrected chi connectivity index (χ1v) is 9.71. The molecule has 2 aromatic carbocycles. The van der Waals surface area contributed by atoms with Gasteiger partial charge in [-0.3, -0.25) is 4.79 Å². The highest BCUT2D eigenvalue weighted by atomic mass is 79.9. The topological polar surface area (TPSA) is 20.3 Å². The van der Waals surface area contributed by atoms with Gasteiger partial charge in [-0.15, -0.1) is 0 Å². The van der Waals surface area contributed by atoms with Gasteiger partial charge in [0, 0.05) is 22.9 Å². The first-order valence-electron chi connectivity index (χ1n) is 8.92. The fourth-order valence-corrected chi connectivity index (χ4v) is 4.80. The lowest BCUT2D eigenvalue weighted by atomic mass is 9.77. The van der Waals surface area contributed by atoms with Gasteiger partial charge in [0.2, 0.25) is 5.91 Å². The van der Waals surface area contributed by atoms with Gasteiger partial charge in [0.05, 0.1) is 6.04 Å². The van der Waals surface area contributed by atoms with Crippen molar-refractivity contribution < 1.29 is 4.79 Å². The lowest BCUT2D eigenvalue weighted by molar-refractivity contribution is -0.133. The number of likely N-dealkylation sites (tertiary alicyclic amines) is 1. The quantitative estimate of drug-likeness (QED) is 0.640. The van der Waals surface area contributed by atoms with Crippen molar-refractivity contribution in [2.75, 3.05) is 0 Å². The molecule has 1 fully saturated rings. The van der Waals surface area contributed by atoms with Crippen LogP contribution >= 0.6 is 15.9 Å². The Morgan fingerprint density at radius 3 is 2.52 bits per heavy atom. The molecule has 1 heterocycles. The van der Waals surface area contributed by atoms with Crippen LogP contribution in [-0.2, 0) is 11.3 Å². The molecule has 0 saturated carbocycles. The average molecular weight is 396 g/mol. The van der Waals surface area contributed by atoms with E-state index in [0.717, 1.165) is 10.9 Å². The summed E-state index contributed by atoms with van der Waals surface area (Å²) in [4.78, 5) is 15.4. The van der Waals surface area contributed by atoms with Crippen molar-refractivity contribution >= 4 is 21.8 Å². The van der Waals surface area contributed by atoms with Crippen LogP contribution in [0.15, 0.2) is 71.2 Å². The van der Waals surface area contributed by atoms with Crippen LogP contribution in [0.3, 0.4) is 0 Å². The fraction of sp³-hybridized carbons (Fsp3) is 0.318. The number of hydrogen-bond donors (Lipinski definition) is 0. The molecule has 4 atom stereocenters. The number of fused-ring (bicyclic) bond motifs is 1. The van der Waals surface area contributed by atoms with E-state index in [1.807, 2.05) is 24.3 Å². The van der Waals surface area contributed by atoms with E-state index >= 15 is 0 Å². The molecule has 0 radical (unpaired) electrons. The minimum atomic E-state index is 0.0945. The third-order valence-corrected chi connectivity index (χ3v) is 6.19. The molecule has 2 aromatic rings. The molecule has 25 heavy (non-hydrogen) atoms. The zero-order valence-corrected chi connectivity index (χ0v) is 15.9. The molecule has 4 rings (SSSR count). The van der Waals surface area contributed by atoms with Gasteiger partial charge in [-0.05, 0) is 29.5 Å². The number of halogens is 1. The summed E-state index contributed by atoms with van der Waals surface area (Å²) < 4.78 is 1.08. The number of carbonyl (C=O) groups is 1. The van der Waals surface area contributed by atoms with Crippen LogP contribution in [0.2, 0.25) is 0 Å². The Bertz CT molecular complexity index is 801. The largest absolute Gasteiger partial charge is 0.330 e. The van der Waals surface area contributed by atoms with Crippen LogP contribution in [-0.4, -0.2) is 10.8 Å². The molecule has 1 amide bonds. The van der Waals surface area contributed by atoms with Crippen LogP contribution in [0.25, 0.3) is 0 Å². The van der Waals surface area contributed by atoms with Crippen molar-refractivity contribution in [1.82, 2.24) is 4.90 Å². The number of rotatable bonds is 3. The summed E-state index contributed by atoms with van der Waals surface area (Å²) in [5.41, 5.74) is 2.39. The summed E-state index contributed by atoms with van der Waals surface area (Å²) in [6.45, 7) is 2.87. The highest BCUT2D eigenvalue weighted by Gasteiger charge is 2.48. The minimum absolute atomic E-state index is 0.0945. The maximum Gasteiger partial charge on any atom is 0.227 e. The van der Waals surface area contributed by atoms with Gasteiger partial charge in [0.25, 0.3) is 0 Å². The summed E-state index contributed by atoms with van der Waals surface area (Å²) in [5, 5.41) is 0. The Kier molecular flexibility index (Phi) is 4.51. The normalized spacial score (nSPS) is 28.2. The van der Waals surface area contributed by atoms with Crippen LogP contribution in [0.5, 0.6) is 0 Å². The molecular formula is C22H22BrNO. The molecule has 1 aliphatic carbocycles. The van der Waals surface area contributed by atoms with Crippen molar-refractivity contribution in [3.05, 3.63) is 82.3 Å². The number of nitrogens with zero attached hydrogens (tertiary/aromatic N) is 1. The Morgan fingerprint density at radius 1 is 1.04 bits per heavy atom. The highest BCUT2D eigenvalue weighted by molar-refractivity contribution is 9.10. The molecule has 0 N–H and O–H groups in total. The van der Waals surface area contributed by atoms with E-state index in [2.05, 4.69) is 70.2 Å². The van der Waals surface area contributed by atoms with Gasteiger partial charge in [-0.1, -0.05) is 83.5 Å². The molecule has 2 nitrogen and oxygen atoms in total. The summed E-state index contributed by atoms with van der Waals surface area (Å²) in [5.74, 6) is 1.12. The molecule has 3 heteroatoms. The maximum atomic E-state index is 13.3. The molecule has 128 valence electrons. The Morgan fingerprint density at radius 2 is 1.76 bits per heavy atom. The molecule has 1 unspecified atom stereocenters. The minimum Gasteiger partial charge on any atom is -0.330 e. The lowest BCUT2D eigenvalue weighted by Gasteiger charge is -2.30. The van der Waals surface area contributed by atoms with Crippen molar-refractivity contribution in [3.63, 3.8) is 0 Å². The highest BCUT2D eigenvalue weighted by Crippen LogP contribution is 2.49. The van der Waals surface area contributed by atoms with Crippen molar-refractivity contribution in [2.24, 2.45) is 17.8 Å². The van der Waals surface area contributed by atoms with Gasteiger partial charge < -0.3 is 4.90 Å². The number of hydrogen-bond acceptors (Lipinski definition) is 1. The van der Waals surface area contributed by atoms with E-state index in [0.29, 0.717) is 18.4 Å².